The molecule has 2 aromatic carbocycles. The first-order valence-electron chi connectivity index (χ1n) is 10.4. The lowest BCUT2D eigenvalue weighted by Crippen LogP contribution is -2.49. The number of hydrogen-bond donors (Lipinski definition) is 2. The van der Waals surface area contributed by atoms with Gasteiger partial charge in [-0.05, 0) is 48.4 Å². The Morgan fingerprint density at radius 1 is 1.19 bits per heavy atom. The summed E-state index contributed by atoms with van der Waals surface area (Å²) < 4.78 is 73.7. The molecule has 0 bridgehead atoms. The van der Waals surface area contributed by atoms with E-state index in [-0.39, 0.29) is 11.4 Å². The van der Waals surface area contributed by atoms with Crippen molar-refractivity contribution in [3.63, 3.8) is 0 Å². The molecule has 1 aliphatic rings. The number of anilines is 1. The molecular weight excluding hydrogens is 589 g/mol. The molecule has 16 heteroatoms. The molecule has 0 saturated heterocycles. The van der Waals surface area contributed by atoms with Crippen molar-refractivity contribution in [2.24, 2.45) is 10.5 Å². The molecule has 0 amide bonds. The Hall–Kier alpha value is -3.49. The van der Waals surface area contributed by atoms with E-state index in [1.165, 1.54) is 18.2 Å². The quantitative estimate of drug-likeness (QED) is 0.181. The fourth-order valence-electron chi connectivity index (χ4n) is 3.84. The minimum absolute atomic E-state index is 0.0478. The lowest BCUT2D eigenvalue weighted by Gasteiger charge is -2.38. The van der Waals surface area contributed by atoms with Crippen LogP contribution in [0.15, 0.2) is 56.9 Å². The van der Waals surface area contributed by atoms with Crippen LogP contribution in [0.4, 0.5) is 18.9 Å². The van der Waals surface area contributed by atoms with E-state index in [1.807, 2.05) is 0 Å². The third-order valence-electron chi connectivity index (χ3n) is 5.70. The number of carboxylic acids is 2. The zero-order valence-corrected chi connectivity index (χ0v) is 21.0. The number of carbonyl (C=O) groups is 2. The number of benzene rings is 2. The standard InChI is InChI=1S/C21H18BrF3N4O7S/c22-13-4-5-17-16(9-13)29(37(34,35)15-3-1-2-12(8-15)21(23,24)25)11-14(36-17)10-20(18(30)31,19(32)33)6-7-27-28-26/h1-5,8-9,14H,6-7,10-11H2,(H,30,31)(H,32,33)/t14-/m0/s1. The van der Waals surface area contributed by atoms with Crippen LogP contribution in [0.1, 0.15) is 18.4 Å². The first kappa shape index (κ1) is 28.1. The number of carboxylic acid groups (broad SMARTS) is 2. The molecule has 0 spiro atoms. The number of alkyl halides is 3. The van der Waals surface area contributed by atoms with Crippen molar-refractivity contribution in [1.29, 1.82) is 0 Å². The number of ether oxygens (including phenoxy) is 1. The first-order valence-corrected chi connectivity index (χ1v) is 12.6. The Bertz CT molecular complexity index is 1370. The highest BCUT2D eigenvalue weighted by Gasteiger charge is 2.50. The summed E-state index contributed by atoms with van der Waals surface area (Å²) in [6.07, 6.45) is -7.50. The van der Waals surface area contributed by atoms with Gasteiger partial charge in [0.25, 0.3) is 10.0 Å². The predicted molar refractivity (Wildman–Crippen MR) is 125 cm³/mol. The minimum Gasteiger partial charge on any atom is -0.486 e. The highest BCUT2D eigenvalue weighted by atomic mass is 79.9. The molecule has 2 N–H and O–H groups in total. The van der Waals surface area contributed by atoms with E-state index < -0.39 is 76.0 Å². The third kappa shape index (κ3) is 5.76. The van der Waals surface area contributed by atoms with Crippen LogP contribution in [0.3, 0.4) is 0 Å². The van der Waals surface area contributed by atoms with Gasteiger partial charge in [0.05, 0.1) is 22.7 Å². The van der Waals surface area contributed by atoms with Gasteiger partial charge >= 0.3 is 18.1 Å². The van der Waals surface area contributed by atoms with Crippen molar-refractivity contribution in [2.45, 2.75) is 30.0 Å². The monoisotopic (exact) mass is 606 g/mol. The van der Waals surface area contributed by atoms with Crippen molar-refractivity contribution in [1.82, 2.24) is 0 Å². The lowest BCUT2D eigenvalue weighted by molar-refractivity contribution is -0.167. The molecule has 198 valence electrons. The molecule has 0 aliphatic carbocycles. The number of halogens is 4. The molecule has 1 aliphatic heterocycles. The summed E-state index contributed by atoms with van der Waals surface area (Å²) in [5.41, 5.74) is 4.74. The normalized spacial score (nSPS) is 15.8. The van der Waals surface area contributed by atoms with Gasteiger partial charge in [-0.1, -0.05) is 27.1 Å². The highest BCUT2D eigenvalue weighted by molar-refractivity contribution is 9.10. The van der Waals surface area contributed by atoms with Gasteiger partial charge < -0.3 is 14.9 Å². The number of azide groups is 1. The topological polar surface area (TPSA) is 170 Å². The second kappa shape index (κ2) is 10.5. The largest absolute Gasteiger partial charge is 0.486 e. The fraction of sp³-hybridized carbons (Fsp3) is 0.333. The number of nitrogens with zero attached hydrogens (tertiary/aromatic N) is 4. The molecule has 2 aromatic rings. The molecular formula is C21H18BrF3N4O7S. The molecule has 0 aromatic heterocycles. The van der Waals surface area contributed by atoms with Gasteiger partial charge in [0.1, 0.15) is 11.9 Å². The Morgan fingerprint density at radius 2 is 1.86 bits per heavy atom. The number of hydrogen-bond acceptors (Lipinski definition) is 6. The number of sulfonamides is 1. The summed E-state index contributed by atoms with van der Waals surface area (Å²) in [4.78, 5) is 25.9. The number of fused-ring (bicyclic) bond motifs is 1. The van der Waals surface area contributed by atoms with Crippen LogP contribution in [-0.4, -0.2) is 49.8 Å². The van der Waals surface area contributed by atoms with Gasteiger partial charge in [0, 0.05) is 22.4 Å². The Balaban J connectivity index is 2.09. The van der Waals surface area contributed by atoms with Gasteiger partial charge in [0.2, 0.25) is 0 Å². The molecule has 3 rings (SSSR count). The number of aliphatic carboxylic acids is 2. The molecule has 37 heavy (non-hydrogen) atoms. The average molecular weight is 607 g/mol. The summed E-state index contributed by atoms with van der Waals surface area (Å²) in [7, 11) is -4.65. The van der Waals surface area contributed by atoms with Crippen molar-refractivity contribution in [3.05, 3.63) is 62.9 Å². The van der Waals surface area contributed by atoms with Gasteiger partial charge in [-0.3, -0.25) is 13.9 Å². The summed E-state index contributed by atoms with van der Waals surface area (Å²) >= 11 is 3.19. The Kier molecular flexibility index (Phi) is 7.95. The fourth-order valence-corrected chi connectivity index (χ4v) is 5.73. The molecule has 0 saturated carbocycles. The zero-order chi connectivity index (χ0) is 27.6. The zero-order valence-electron chi connectivity index (χ0n) is 18.6. The van der Waals surface area contributed by atoms with Crippen LogP contribution in [0, 0.1) is 5.41 Å². The van der Waals surface area contributed by atoms with Crippen LogP contribution >= 0.6 is 15.9 Å². The van der Waals surface area contributed by atoms with Crippen LogP contribution < -0.4 is 9.04 Å². The summed E-state index contributed by atoms with van der Waals surface area (Å²) in [5, 5.41) is 22.7. The highest BCUT2D eigenvalue weighted by Crippen LogP contribution is 2.42. The third-order valence-corrected chi connectivity index (χ3v) is 7.97. The second-order valence-corrected chi connectivity index (χ2v) is 10.8. The molecule has 0 fully saturated rings. The maximum atomic E-state index is 13.5. The van der Waals surface area contributed by atoms with Gasteiger partial charge in [0.15, 0.2) is 5.41 Å². The maximum Gasteiger partial charge on any atom is 0.416 e. The van der Waals surface area contributed by atoms with E-state index in [2.05, 4.69) is 26.0 Å². The Morgan fingerprint density at radius 3 is 2.46 bits per heavy atom. The van der Waals surface area contributed by atoms with Gasteiger partial charge in [-0.25, -0.2) is 8.42 Å². The number of rotatable bonds is 9. The molecule has 1 atom stereocenters. The van der Waals surface area contributed by atoms with E-state index in [1.54, 1.807) is 0 Å². The van der Waals surface area contributed by atoms with Crippen LogP contribution in [0.25, 0.3) is 10.4 Å². The summed E-state index contributed by atoms with van der Waals surface area (Å²) in [6, 6.07) is 7.28. The van der Waals surface area contributed by atoms with Gasteiger partial charge in [-0.15, -0.1) is 0 Å². The smallest absolute Gasteiger partial charge is 0.416 e. The summed E-state index contributed by atoms with van der Waals surface area (Å²) in [6.45, 7) is -1.08. The average Bonchev–Trinajstić information content (AvgIpc) is 2.82. The van der Waals surface area contributed by atoms with Crippen LogP contribution in [0.5, 0.6) is 5.75 Å². The minimum atomic E-state index is -4.81. The van der Waals surface area contributed by atoms with Crippen LogP contribution in [0.2, 0.25) is 0 Å². The molecule has 11 nitrogen and oxygen atoms in total. The molecule has 0 unspecified atom stereocenters. The van der Waals surface area contributed by atoms with E-state index in [0.717, 1.165) is 16.4 Å². The Labute approximate surface area is 216 Å². The van der Waals surface area contributed by atoms with E-state index >= 15 is 0 Å². The molecule has 0 radical (unpaired) electrons. The maximum absolute atomic E-state index is 13.5. The van der Waals surface area contributed by atoms with Crippen molar-refractivity contribution < 1.29 is 46.1 Å². The lowest BCUT2D eigenvalue weighted by atomic mass is 9.79. The van der Waals surface area contributed by atoms with Crippen LogP contribution in [-0.2, 0) is 25.8 Å². The van der Waals surface area contributed by atoms with Crippen molar-refractivity contribution >= 4 is 43.6 Å². The molecule has 1 heterocycles. The second-order valence-electron chi connectivity index (χ2n) is 8.01. The van der Waals surface area contributed by atoms with Gasteiger partial charge in [-0.2, -0.15) is 13.2 Å². The predicted octanol–water partition coefficient (Wildman–Crippen LogP) is 4.67. The van der Waals surface area contributed by atoms with E-state index in [9.17, 15) is 41.4 Å². The van der Waals surface area contributed by atoms with Crippen molar-refractivity contribution in [2.75, 3.05) is 17.4 Å². The SMILES string of the molecule is [N-]=[N+]=NCCC(C[C@H]1CN(S(=O)(=O)c2cccc(C(F)(F)F)c2)c2cc(Br)ccc2O1)(C(=O)O)C(=O)O. The first-order chi connectivity index (χ1) is 17.2. The van der Waals surface area contributed by atoms with E-state index in [4.69, 9.17) is 10.3 Å². The van der Waals surface area contributed by atoms with Crippen molar-refractivity contribution in [3.8, 4) is 5.75 Å². The van der Waals surface area contributed by atoms with E-state index in [0.29, 0.717) is 16.6 Å². The summed E-state index contributed by atoms with van der Waals surface area (Å²) in [5.74, 6) is -3.58.